The summed E-state index contributed by atoms with van der Waals surface area (Å²) in [6.07, 6.45) is 1.67. The molecule has 0 atom stereocenters. The van der Waals surface area contributed by atoms with Crippen LogP contribution in [0.4, 0.5) is 0 Å². The predicted octanol–water partition coefficient (Wildman–Crippen LogP) is 4.18. The summed E-state index contributed by atoms with van der Waals surface area (Å²) in [7, 11) is 0. The minimum atomic E-state index is -1.08. The summed E-state index contributed by atoms with van der Waals surface area (Å²) in [5, 5.41) is 11.5. The summed E-state index contributed by atoms with van der Waals surface area (Å²) < 4.78 is 0.958. The zero-order valence-corrected chi connectivity index (χ0v) is 14.5. The molecule has 3 rings (SSSR count). The van der Waals surface area contributed by atoms with Crippen molar-refractivity contribution < 1.29 is 9.90 Å². The van der Waals surface area contributed by atoms with Crippen LogP contribution in [0.25, 0.3) is 22.0 Å². The van der Waals surface area contributed by atoms with Gasteiger partial charge in [0.05, 0.1) is 25.3 Å². The summed E-state index contributed by atoms with van der Waals surface area (Å²) in [5.41, 5.74) is 0.832. The average Bonchev–Trinajstić information content (AvgIpc) is 2.91. The highest BCUT2D eigenvalue weighted by Crippen LogP contribution is 2.26. The molecular weight excluding hydrogens is 404 g/mol. The van der Waals surface area contributed by atoms with Crippen molar-refractivity contribution in [2.24, 2.45) is 0 Å². The Kier molecular flexibility index (Phi) is 4.34. The number of thiophene rings is 1. The Hall–Kier alpha value is -1.96. The molecule has 1 aromatic carbocycles. The Labute approximate surface area is 147 Å². The largest absolute Gasteiger partial charge is 0.478 e. The number of aromatic amines is 1. The molecule has 5 nitrogen and oxygen atoms in total. The molecule has 3 aromatic rings. The molecule has 0 aliphatic carbocycles. The highest BCUT2D eigenvalue weighted by Gasteiger charge is 2.10. The maximum absolute atomic E-state index is 12.1. The van der Waals surface area contributed by atoms with Crippen LogP contribution in [0.1, 0.15) is 21.7 Å². The van der Waals surface area contributed by atoms with Crippen LogP contribution >= 0.6 is 38.9 Å². The van der Waals surface area contributed by atoms with Gasteiger partial charge in [-0.15, -0.1) is 11.3 Å². The molecule has 0 fully saturated rings. The monoisotopic (exact) mass is 410 g/mol. The van der Waals surface area contributed by atoms with E-state index in [-0.39, 0.29) is 27.5 Å². The van der Waals surface area contributed by atoms with Gasteiger partial charge in [0.1, 0.15) is 0 Å². The number of nitrogens with zero attached hydrogens (tertiary/aromatic N) is 1. The fourth-order valence-corrected chi connectivity index (χ4v) is 3.35. The standard InChI is InChI=1S/C15H8BrClN2O3S/c16-12-4-7(6-23-12)3-10(17)13-18-11-5-8(15(21)22)1-2-9(11)14(20)19-13/h1-6H,(H,21,22)(H,18,19,20). The van der Waals surface area contributed by atoms with E-state index in [9.17, 15) is 9.59 Å². The number of carboxylic acid groups (broad SMARTS) is 1. The smallest absolute Gasteiger partial charge is 0.335 e. The lowest BCUT2D eigenvalue weighted by Gasteiger charge is -2.03. The first-order valence-corrected chi connectivity index (χ1v) is 8.38. The van der Waals surface area contributed by atoms with Gasteiger partial charge < -0.3 is 10.1 Å². The third kappa shape index (κ3) is 3.36. The van der Waals surface area contributed by atoms with E-state index in [1.165, 1.54) is 29.5 Å². The molecule has 23 heavy (non-hydrogen) atoms. The van der Waals surface area contributed by atoms with Gasteiger partial charge in [-0.05, 0) is 57.2 Å². The van der Waals surface area contributed by atoms with E-state index in [0.29, 0.717) is 5.39 Å². The SMILES string of the molecule is O=C(O)c1ccc2c(=O)[nH]c(C(Cl)=Cc3csc(Br)c3)nc2c1. The molecule has 0 radical (unpaired) electrons. The number of carbonyl (C=O) groups is 1. The molecule has 0 aliphatic heterocycles. The summed E-state index contributed by atoms with van der Waals surface area (Å²) in [5.74, 6) is -0.894. The van der Waals surface area contributed by atoms with Crippen molar-refractivity contribution in [2.45, 2.75) is 0 Å². The van der Waals surface area contributed by atoms with Crippen molar-refractivity contribution in [1.29, 1.82) is 0 Å². The number of hydrogen-bond donors (Lipinski definition) is 2. The molecule has 2 aromatic heterocycles. The number of hydrogen-bond acceptors (Lipinski definition) is 4. The lowest BCUT2D eigenvalue weighted by atomic mass is 10.1. The van der Waals surface area contributed by atoms with E-state index >= 15 is 0 Å². The minimum absolute atomic E-state index is 0.0587. The molecule has 0 aliphatic rings. The molecule has 2 N–H and O–H groups in total. The van der Waals surface area contributed by atoms with E-state index < -0.39 is 5.97 Å². The highest BCUT2D eigenvalue weighted by atomic mass is 79.9. The Bertz CT molecular complexity index is 1010. The van der Waals surface area contributed by atoms with Crippen LogP contribution in [0.2, 0.25) is 0 Å². The Balaban J connectivity index is 2.12. The van der Waals surface area contributed by atoms with E-state index in [1.54, 1.807) is 6.08 Å². The number of fused-ring (bicyclic) bond motifs is 1. The minimum Gasteiger partial charge on any atom is -0.478 e. The lowest BCUT2D eigenvalue weighted by Crippen LogP contribution is -2.11. The van der Waals surface area contributed by atoms with Gasteiger partial charge in [0.2, 0.25) is 0 Å². The second-order valence-corrected chi connectivity index (χ2v) is 7.33. The van der Waals surface area contributed by atoms with Crippen LogP contribution in [0, 0.1) is 0 Å². The van der Waals surface area contributed by atoms with Crippen LogP contribution in [0.15, 0.2) is 38.2 Å². The summed E-state index contributed by atoms with van der Waals surface area (Å²) in [4.78, 5) is 30.0. The maximum Gasteiger partial charge on any atom is 0.335 e. The topological polar surface area (TPSA) is 83.0 Å². The van der Waals surface area contributed by atoms with E-state index in [4.69, 9.17) is 16.7 Å². The number of aromatic nitrogens is 2. The van der Waals surface area contributed by atoms with E-state index in [1.807, 2.05) is 11.4 Å². The first kappa shape index (κ1) is 15.9. The van der Waals surface area contributed by atoms with Crippen LogP contribution in [0.3, 0.4) is 0 Å². The fraction of sp³-hybridized carbons (Fsp3) is 0. The van der Waals surface area contributed by atoms with E-state index in [0.717, 1.165) is 9.35 Å². The molecular formula is C15H8BrClN2O3S. The number of carboxylic acids is 1. The molecule has 0 saturated carbocycles. The predicted molar refractivity (Wildman–Crippen MR) is 95.1 cm³/mol. The number of H-pyrrole nitrogens is 1. The molecule has 0 spiro atoms. The molecule has 0 amide bonds. The van der Waals surface area contributed by atoms with Crippen molar-refractivity contribution in [3.8, 4) is 0 Å². The van der Waals surface area contributed by atoms with Gasteiger partial charge in [0.15, 0.2) is 5.82 Å². The zero-order chi connectivity index (χ0) is 16.6. The summed E-state index contributed by atoms with van der Waals surface area (Å²) in [6.45, 7) is 0. The first-order valence-electron chi connectivity index (χ1n) is 6.33. The van der Waals surface area contributed by atoms with Gasteiger partial charge >= 0.3 is 5.97 Å². The van der Waals surface area contributed by atoms with Gasteiger partial charge in [0.25, 0.3) is 5.56 Å². The molecule has 0 saturated heterocycles. The lowest BCUT2D eigenvalue weighted by molar-refractivity contribution is 0.0697. The molecule has 0 unspecified atom stereocenters. The molecule has 2 heterocycles. The third-order valence-corrected chi connectivity index (χ3v) is 4.87. The Morgan fingerprint density at radius 1 is 1.39 bits per heavy atom. The number of nitrogens with one attached hydrogen (secondary N) is 1. The Morgan fingerprint density at radius 2 is 2.17 bits per heavy atom. The summed E-state index contributed by atoms with van der Waals surface area (Å²) in [6, 6.07) is 6.03. The first-order chi connectivity index (χ1) is 10.9. The Morgan fingerprint density at radius 3 is 2.83 bits per heavy atom. The molecule has 0 bridgehead atoms. The quantitative estimate of drug-likeness (QED) is 0.677. The van der Waals surface area contributed by atoms with Gasteiger partial charge in [-0.1, -0.05) is 11.6 Å². The number of benzene rings is 1. The summed E-state index contributed by atoms with van der Waals surface area (Å²) >= 11 is 11.1. The fourth-order valence-electron chi connectivity index (χ4n) is 2.00. The van der Waals surface area contributed by atoms with Gasteiger partial charge in [-0.3, -0.25) is 4.79 Å². The van der Waals surface area contributed by atoms with Crippen molar-refractivity contribution >= 4 is 66.8 Å². The van der Waals surface area contributed by atoms with Gasteiger partial charge in [-0.2, -0.15) is 0 Å². The molecule has 116 valence electrons. The van der Waals surface area contributed by atoms with Crippen LogP contribution in [-0.4, -0.2) is 21.0 Å². The van der Waals surface area contributed by atoms with Crippen molar-refractivity contribution in [1.82, 2.24) is 9.97 Å². The van der Waals surface area contributed by atoms with Gasteiger partial charge in [0, 0.05) is 0 Å². The molecule has 8 heteroatoms. The zero-order valence-electron chi connectivity index (χ0n) is 11.3. The van der Waals surface area contributed by atoms with Crippen molar-refractivity contribution in [3.05, 3.63) is 60.7 Å². The van der Waals surface area contributed by atoms with Crippen LogP contribution in [-0.2, 0) is 0 Å². The third-order valence-electron chi connectivity index (χ3n) is 3.06. The van der Waals surface area contributed by atoms with Crippen molar-refractivity contribution in [3.63, 3.8) is 0 Å². The van der Waals surface area contributed by atoms with Crippen LogP contribution in [0.5, 0.6) is 0 Å². The average molecular weight is 412 g/mol. The maximum atomic E-state index is 12.1. The number of aromatic carboxylic acids is 1. The van der Waals surface area contributed by atoms with Gasteiger partial charge in [-0.25, -0.2) is 9.78 Å². The normalized spacial score (nSPS) is 11.8. The second-order valence-electron chi connectivity index (χ2n) is 4.63. The number of halogens is 2. The van der Waals surface area contributed by atoms with E-state index in [2.05, 4.69) is 25.9 Å². The second kappa shape index (κ2) is 6.27. The number of rotatable bonds is 3. The highest BCUT2D eigenvalue weighted by molar-refractivity contribution is 9.11. The van der Waals surface area contributed by atoms with Crippen molar-refractivity contribution in [2.75, 3.05) is 0 Å². The van der Waals surface area contributed by atoms with Crippen LogP contribution < -0.4 is 5.56 Å².